The second-order valence-corrected chi connectivity index (χ2v) is 5.15. The fourth-order valence-corrected chi connectivity index (χ4v) is 2.03. The molecule has 0 fully saturated rings. The molecule has 3 nitrogen and oxygen atoms in total. The van der Waals surface area contributed by atoms with Crippen LogP contribution in [0.25, 0.3) is 0 Å². The highest BCUT2D eigenvalue weighted by molar-refractivity contribution is 5.94. The van der Waals surface area contributed by atoms with Gasteiger partial charge in [-0.3, -0.25) is 9.69 Å². The molecule has 2 rings (SSSR count). The number of rotatable bonds is 5. The Bertz CT molecular complexity index is 661. The number of benzene rings is 2. The van der Waals surface area contributed by atoms with Gasteiger partial charge in [-0.2, -0.15) is 0 Å². The molecular weight excluding hydrogens is 286 g/mol. The van der Waals surface area contributed by atoms with Crippen LogP contribution in [-0.4, -0.2) is 23.9 Å². The van der Waals surface area contributed by atoms with Crippen molar-refractivity contribution < 1.29 is 13.6 Å². The summed E-state index contributed by atoms with van der Waals surface area (Å²) in [5.41, 5.74) is 0.647. The van der Waals surface area contributed by atoms with Crippen LogP contribution < -0.4 is 5.32 Å². The van der Waals surface area contributed by atoms with E-state index < -0.39 is 11.9 Å². The molecule has 2 aromatic rings. The number of amides is 1. The lowest BCUT2D eigenvalue weighted by Crippen LogP contribution is -2.39. The largest absolute Gasteiger partial charge is 0.322 e. The van der Waals surface area contributed by atoms with Crippen molar-refractivity contribution in [1.29, 1.82) is 0 Å². The smallest absolute Gasteiger partial charge is 0.241 e. The van der Waals surface area contributed by atoms with E-state index in [9.17, 15) is 13.6 Å². The number of para-hydroxylation sites is 1. The zero-order valence-corrected chi connectivity index (χ0v) is 12.5. The zero-order valence-electron chi connectivity index (χ0n) is 12.5. The fraction of sp³-hybridized carbons (Fsp3) is 0.235. The van der Waals surface area contributed by atoms with Gasteiger partial charge in [0.2, 0.25) is 5.91 Å². The maximum atomic E-state index is 13.6. The third kappa shape index (κ3) is 3.89. The van der Waals surface area contributed by atoms with E-state index >= 15 is 0 Å². The monoisotopic (exact) mass is 304 g/mol. The molecule has 0 aliphatic carbocycles. The van der Waals surface area contributed by atoms with Crippen molar-refractivity contribution in [3.05, 3.63) is 65.7 Å². The van der Waals surface area contributed by atoms with Gasteiger partial charge in [0.05, 0.1) is 11.7 Å². The second-order valence-electron chi connectivity index (χ2n) is 5.15. The van der Waals surface area contributed by atoms with Gasteiger partial charge >= 0.3 is 0 Å². The summed E-state index contributed by atoms with van der Waals surface area (Å²) >= 11 is 0. The van der Waals surface area contributed by atoms with E-state index in [4.69, 9.17) is 0 Å². The van der Waals surface area contributed by atoms with Crippen molar-refractivity contribution in [2.24, 2.45) is 0 Å². The predicted molar refractivity (Wildman–Crippen MR) is 82.4 cm³/mol. The van der Waals surface area contributed by atoms with Crippen LogP contribution in [0.15, 0.2) is 48.5 Å². The van der Waals surface area contributed by atoms with Crippen LogP contribution in [0.4, 0.5) is 14.5 Å². The molecule has 0 spiro atoms. The lowest BCUT2D eigenvalue weighted by Gasteiger charge is -2.24. The van der Waals surface area contributed by atoms with Crippen molar-refractivity contribution in [3.8, 4) is 0 Å². The third-order valence-electron chi connectivity index (χ3n) is 3.55. The summed E-state index contributed by atoms with van der Waals surface area (Å²) in [6.45, 7) is 1.98. The van der Waals surface area contributed by atoms with Gasteiger partial charge < -0.3 is 5.32 Å². The number of carbonyl (C=O) groups excluding carboxylic acids is 1. The van der Waals surface area contributed by atoms with Crippen molar-refractivity contribution in [2.45, 2.75) is 19.5 Å². The van der Waals surface area contributed by atoms with Gasteiger partial charge in [0, 0.05) is 12.1 Å². The Balaban J connectivity index is 2.01. The number of anilines is 1. The topological polar surface area (TPSA) is 32.3 Å². The third-order valence-corrected chi connectivity index (χ3v) is 3.55. The molecule has 0 heterocycles. The molecule has 2 aromatic carbocycles. The zero-order chi connectivity index (χ0) is 16.1. The molecule has 1 amide bonds. The van der Waals surface area contributed by atoms with Crippen LogP contribution in [0.3, 0.4) is 0 Å². The number of nitrogens with zero attached hydrogens (tertiary/aromatic N) is 1. The first-order valence-corrected chi connectivity index (χ1v) is 6.98. The number of hydrogen-bond acceptors (Lipinski definition) is 2. The Morgan fingerprint density at radius 1 is 1.09 bits per heavy atom. The lowest BCUT2D eigenvalue weighted by molar-refractivity contribution is -0.120. The molecule has 0 aliphatic rings. The van der Waals surface area contributed by atoms with E-state index in [2.05, 4.69) is 5.32 Å². The first-order valence-electron chi connectivity index (χ1n) is 6.98. The minimum Gasteiger partial charge on any atom is -0.322 e. The van der Waals surface area contributed by atoms with Crippen LogP contribution in [0.2, 0.25) is 0 Å². The summed E-state index contributed by atoms with van der Waals surface area (Å²) < 4.78 is 27.2. The number of likely N-dealkylation sites (N-methyl/N-ethyl adjacent to an activating group) is 1. The molecule has 1 N–H and O–H groups in total. The highest BCUT2D eigenvalue weighted by Gasteiger charge is 2.20. The molecule has 116 valence electrons. The van der Waals surface area contributed by atoms with E-state index in [1.165, 1.54) is 18.2 Å². The van der Waals surface area contributed by atoms with E-state index in [1.807, 2.05) is 0 Å². The van der Waals surface area contributed by atoms with Crippen molar-refractivity contribution in [2.75, 3.05) is 12.4 Å². The van der Waals surface area contributed by atoms with Gasteiger partial charge in [-0.05, 0) is 32.2 Å². The second kappa shape index (κ2) is 7.13. The number of halogens is 2. The molecule has 1 atom stereocenters. The fourth-order valence-electron chi connectivity index (χ4n) is 2.03. The summed E-state index contributed by atoms with van der Waals surface area (Å²) in [6.07, 6.45) is 0. The summed E-state index contributed by atoms with van der Waals surface area (Å²) in [7, 11) is 1.72. The molecule has 0 saturated carbocycles. The van der Waals surface area contributed by atoms with Crippen LogP contribution in [0.5, 0.6) is 0 Å². The van der Waals surface area contributed by atoms with E-state index in [-0.39, 0.29) is 17.4 Å². The summed E-state index contributed by atoms with van der Waals surface area (Å²) in [6, 6.07) is 11.9. The van der Waals surface area contributed by atoms with E-state index in [0.717, 1.165) is 0 Å². The highest BCUT2D eigenvalue weighted by atomic mass is 19.1. The van der Waals surface area contributed by atoms with Crippen LogP contribution >= 0.6 is 0 Å². The van der Waals surface area contributed by atoms with Crippen LogP contribution in [0.1, 0.15) is 12.5 Å². The van der Waals surface area contributed by atoms with Gasteiger partial charge in [0.25, 0.3) is 0 Å². The standard InChI is InChI=1S/C17H18F2N2O/c1-12(17(22)20-16-10-6-5-9-15(16)19)21(2)11-13-7-3-4-8-14(13)18/h3-10,12H,11H2,1-2H3,(H,20,22). The van der Waals surface area contributed by atoms with Crippen LogP contribution in [0, 0.1) is 11.6 Å². The SMILES string of the molecule is CC(C(=O)Nc1ccccc1F)N(C)Cc1ccccc1F. The molecule has 5 heteroatoms. The number of nitrogens with one attached hydrogen (secondary N) is 1. The van der Waals surface area contributed by atoms with Crippen molar-refractivity contribution >= 4 is 11.6 Å². The average molecular weight is 304 g/mol. The molecule has 22 heavy (non-hydrogen) atoms. The first-order chi connectivity index (χ1) is 10.5. The molecule has 0 saturated heterocycles. The molecule has 0 radical (unpaired) electrons. The Labute approximate surface area is 128 Å². The normalized spacial score (nSPS) is 12.2. The maximum Gasteiger partial charge on any atom is 0.241 e. The molecule has 0 bridgehead atoms. The molecule has 1 unspecified atom stereocenters. The Kier molecular flexibility index (Phi) is 5.22. The van der Waals surface area contributed by atoms with Gasteiger partial charge in [-0.15, -0.1) is 0 Å². The van der Waals surface area contributed by atoms with Gasteiger partial charge in [0.15, 0.2) is 0 Å². The van der Waals surface area contributed by atoms with Gasteiger partial charge in [-0.1, -0.05) is 30.3 Å². The predicted octanol–water partition coefficient (Wildman–Crippen LogP) is 3.42. The quantitative estimate of drug-likeness (QED) is 0.918. The Morgan fingerprint density at radius 2 is 1.68 bits per heavy atom. The average Bonchev–Trinajstić information content (AvgIpc) is 2.51. The minimum atomic E-state index is -0.529. The molecular formula is C17H18F2N2O. The van der Waals surface area contributed by atoms with Crippen molar-refractivity contribution in [3.63, 3.8) is 0 Å². The minimum absolute atomic E-state index is 0.138. The summed E-state index contributed by atoms with van der Waals surface area (Å²) in [5.74, 6) is -1.14. The Hall–Kier alpha value is -2.27. The summed E-state index contributed by atoms with van der Waals surface area (Å²) in [5, 5.41) is 2.54. The summed E-state index contributed by atoms with van der Waals surface area (Å²) in [4.78, 5) is 13.9. The lowest BCUT2D eigenvalue weighted by atomic mass is 10.1. The number of carbonyl (C=O) groups is 1. The maximum absolute atomic E-state index is 13.6. The Morgan fingerprint density at radius 3 is 2.32 bits per heavy atom. The highest BCUT2D eigenvalue weighted by Crippen LogP contribution is 2.15. The van der Waals surface area contributed by atoms with Gasteiger partial charge in [-0.25, -0.2) is 8.78 Å². The number of hydrogen-bond donors (Lipinski definition) is 1. The van der Waals surface area contributed by atoms with Crippen molar-refractivity contribution in [1.82, 2.24) is 4.90 Å². The molecule has 0 aromatic heterocycles. The van der Waals surface area contributed by atoms with Gasteiger partial charge in [0.1, 0.15) is 11.6 Å². The first kappa shape index (κ1) is 16.1. The molecule has 0 aliphatic heterocycles. The van der Waals surface area contributed by atoms with Crippen LogP contribution in [-0.2, 0) is 11.3 Å². The van der Waals surface area contributed by atoms with E-state index in [0.29, 0.717) is 12.1 Å². The van der Waals surface area contributed by atoms with E-state index in [1.54, 1.807) is 49.2 Å².